The molecule has 32 heavy (non-hydrogen) atoms. The van der Waals surface area contributed by atoms with Gasteiger partial charge in [0.1, 0.15) is 11.2 Å². The molecule has 1 aliphatic carbocycles. The first-order chi connectivity index (χ1) is 15.1. The van der Waals surface area contributed by atoms with Crippen molar-refractivity contribution in [1.82, 2.24) is 4.98 Å². The molecule has 1 aliphatic rings. The van der Waals surface area contributed by atoms with Gasteiger partial charge >= 0.3 is 0 Å². The predicted molar refractivity (Wildman–Crippen MR) is 134 cm³/mol. The Balaban J connectivity index is 1.81. The number of pyridine rings is 1. The van der Waals surface area contributed by atoms with Gasteiger partial charge < -0.3 is 4.42 Å². The number of hydrogen-bond acceptors (Lipinski definition) is 2. The minimum atomic E-state index is -0.194. The average Bonchev–Trinajstić information content (AvgIpc) is 3.08. The van der Waals surface area contributed by atoms with Crippen molar-refractivity contribution in [2.45, 2.75) is 53.4 Å². The van der Waals surface area contributed by atoms with E-state index in [0.29, 0.717) is 0 Å². The van der Waals surface area contributed by atoms with Crippen LogP contribution >= 0.6 is 0 Å². The highest BCUT2D eigenvalue weighted by atomic mass is 16.3. The zero-order valence-electron chi connectivity index (χ0n) is 19.8. The first-order valence-corrected chi connectivity index (χ1v) is 11.5. The van der Waals surface area contributed by atoms with Crippen LogP contribution in [-0.4, -0.2) is 4.98 Å². The van der Waals surface area contributed by atoms with Crippen molar-refractivity contribution in [2.75, 3.05) is 0 Å². The van der Waals surface area contributed by atoms with Gasteiger partial charge in [0, 0.05) is 22.6 Å². The van der Waals surface area contributed by atoms with Crippen LogP contribution in [0, 0.1) is 12.3 Å². The molecule has 2 heterocycles. The summed E-state index contributed by atoms with van der Waals surface area (Å²) in [5.41, 5.74) is 9.45. The minimum absolute atomic E-state index is 0.182. The summed E-state index contributed by atoms with van der Waals surface area (Å²) in [4.78, 5) is 4.93. The van der Waals surface area contributed by atoms with Crippen LogP contribution in [0.1, 0.15) is 56.9 Å². The standard InChI is InChI=1S/C30H29NO/c1-17-7-10-20-18(15-17)8-11-21-26(20)30(5,6)22-12-9-19(16-29(2,3)4)28-24(22)25-23(32-28)13-14-31-27(21)25/h7-15H,16H2,1-6H3. The number of furan rings is 1. The van der Waals surface area contributed by atoms with E-state index < -0.39 is 0 Å². The summed E-state index contributed by atoms with van der Waals surface area (Å²) in [5.74, 6) is 0. The molecule has 0 saturated heterocycles. The fourth-order valence-electron chi connectivity index (χ4n) is 5.76. The van der Waals surface area contributed by atoms with Crippen LogP contribution in [0.15, 0.2) is 59.1 Å². The van der Waals surface area contributed by atoms with Gasteiger partial charge in [-0.2, -0.15) is 0 Å². The van der Waals surface area contributed by atoms with E-state index in [2.05, 4.69) is 84.0 Å². The number of aromatic nitrogens is 1. The van der Waals surface area contributed by atoms with Crippen LogP contribution in [0.2, 0.25) is 0 Å². The molecule has 0 unspecified atom stereocenters. The van der Waals surface area contributed by atoms with Gasteiger partial charge in [0.2, 0.25) is 0 Å². The second-order valence-corrected chi connectivity index (χ2v) is 11.2. The molecule has 0 radical (unpaired) electrons. The second-order valence-electron chi connectivity index (χ2n) is 11.2. The lowest BCUT2D eigenvalue weighted by Gasteiger charge is -2.30. The van der Waals surface area contributed by atoms with Crippen molar-refractivity contribution < 1.29 is 4.42 Å². The lowest BCUT2D eigenvalue weighted by Crippen LogP contribution is -2.20. The van der Waals surface area contributed by atoms with Gasteiger partial charge in [-0.3, -0.25) is 4.98 Å². The van der Waals surface area contributed by atoms with Gasteiger partial charge in [-0.05, 0) is 52.3 Å². The van der Waals surface area contributed by atoms with Crippen molar-refractivity contribution in [3.8, 4) is 11.3 Å². The van der Waals surface area contributed by atoms with Crippen LogP contribution < -0.4 is 0 Å². The summed E-state index contributed by atoms with van der Waals surface area (Å²) in [5, 5.41) is 5.00. The number of benzene rings is 3. The molecule has 0 spiro atoms. The average molecular weight is 420 g/mol. The molecular formula is C30H29NO. The number of hydrogen-bond donors (Lipinski definition) is 0. The minimum Gasteiger partial charge on any atom is -0.456 e. The monoisotopic (exact) mass is 419 g/mol. The molecule has 160 valence electrons. The topological polar surface area (TPSA) is 26.0 Å². The van der Waals surface area contributed by atoms with Crippen LogP contribution in [-0.2, 0) is 11.8 Å². The van der Waals surface area contributed by atoms with E-state index in [4.69, 9.17) is 9.40 Å². The van der Waals surface area contributed by atoms with Gasteiger partial charge in [0.05, 0.1) is 11.1 Å². The highest BCUT2D eigenvalue weighted by Crippen LogP contribution is 2.51. The Kier molecular flexibility index (Phi) is 3.80. The Morgan fingerprint density at radius 3 is 2.53 bits per heavy atom. The van der Waals surface area contributed by atoms with Crippen LogP contribution in [0.5, 0.6) is 0 Å². The van der Waals surface area contributed by atoms with Gasteiger partial charge in [-0.25, -0.2) is 0 Å². The number of rotatable bonds is 1. The molecule has 0 atom stereocenters. The summed E-state index contributed by atoms with van der Waals surface area (Å²) in [6.45, 7) is 13.7. The third-order valence-corrected chi connectivity index (χ3v) is 7.06. The quantitative estimate of drug-likeness (QED) is 0.273. The second kappa shape index (κ2) is 6.22. The maximum absolute atomic E-state index is 6.56. The third kappa shape index (κ3) is 2.62. The highest BCUT2D eigenvalue weighted by molar-refractivity contribution is 6.16. The van der Waals surface area contributed by atoms with E-state index in [1.807, 2.05) is 12.3 Å². The predicted octanol–water partition coefficient (Wildman–Crippen LogP) is 8.34. The summed E-state index contributed by atoms with van der Waals surface area (Å²) >= 11 is 0. The largest absolute Gasteiger partial charge is 0.456 e. The number of aryl methyl sites for hydroxylation is 1. The molecular weight excluding hydrogens is 390 g/mol. The van der Waals surface area contributed by atoms with Crippen molar-refractivity contribution in [1.29, 1.82) is 0 Å². The van der Waals surface area contributed by atoms with E-state index in [-0.39, 0.29) is 10.8 Å². The number of nitrogens with zero attached hydrogens (tertiary/aromatic N) is 1. The van der Waals surface area contributed by atoms with Gasteiger partial charge in [0.15, 0.2) is 0 Å². The Bertz CT molecular complexity index is 1560. The normalized spacial score (nSPS) is 14.9. The molecule has 0 saturated carbocycles. The highest BCUT2D eigenvalue weighted by Gasteiger charge is 2.36. The molecule has 2 aromatic heterocycles. The van der Waals surface area contributed by atoms with E-state index in [1.165, 1.54) is 44.0 Å². The Morgan fingerprint density at radius 2 is 1.75 bits per heavy atom. The number of fused-ring (bicyclic) bond motifs is 4. The Hall–Kier alpha value is -3.13. The fourth-order valence-corrected chi connectivity index (χ4v) is 5.76. The van der Waals surface area contributed by atoms with E-state index >= 15 is 0 Å². The summed E-state index contributed by atoms with van der Waals surface area (Å²) in [6, 6.07) is 18.0. The smallest absolute Gasteiger partial charge is 0.139 e. The van der Waals surface area contributed by atoms with Gasteiger partial charge in [0.25, 0.3) is 0 Å². The Labute approximate surface area is 189 Å². The van der Waals surface area contributed by atoms with Crippen molar-refractivity contribution >= 4 is 32.7 Å². The SMILES string of the molecule is Cc1ccc2c3c(ccc2c1)-c1nccc2oc4c(CC(C)(C)C)ccc(c4c12)C3(C)C. The van der Waals surface area contributed by atoms with E-state index in [0.717, 1.165) is 28.7 Å². The van der Waals surface area contributed by atoms with Crippen molar-refractivity contribution in [2.24, 2.45) is 5.41 Å². The molecule has 0 aliphatic heterocycles. The Morgan fingerprint density at radius 1 is 0.938 bits per heavy atom. The van der Waals surface area contributed by atoms with Gasteiger partial charge in [-0.15, -0.1) is 0 Å². The molecule has 0 amide bonds. The zero-order chi connectivity index (χ0) is 22.4. The molecule has 2 nitrogen and oxygen atoms in total. The van der Waals surface area contributed by atoms with Gasteiger partial charge in [-0.1, -0.05) is 82.6 Å². The van der Waals surface area contributed by atoms with E-state index in [9.17, 15) is 0 Å². The zero-order valence-corrected chi connectivity index (χ0v) is 19.8. The van der Waals surface area contributed by atoms with Crippen molar-refractivity contribution in [3.05, 3.63) is 77.0 Å². The summed E-state index contributed by atoms with van der Waals surface area (Å²) in [6.07, 6.45) is 2.87. The molecule has 3 aromatic carbocycles. The van der Waals surface area contributed by atoms with Crippen LogP contribution in [0.25, 0.3) is 44.0 Å². The van der Waals surface area contributed by atoms with Crippen molar-refractivity contribution in [3.63, 3.8) is 0 Å². The summed E-state index contributed by atoms with van der Waals surface area (Å²) in [7, 11) is 0. The molecule has 0 N–H and O–H groups in total. The fraction of sp³-hybridized carbons (Fsp3) is 0.300. The lowest BCUT2D eigenvalue weighted by atomic mass is 9.73. The third-order valence-electron chi connectivity index (χ3n) is 7.06. The van der Waals surface area contributed by atoms with E-state index in [1.54, 1.807) is 0 Å². The maximum atomic E-state index is 6.56. The molecule has 6 rings (SSSR count). The maximum Gasteiger partial charge on any atom is 0.139 e. The summed E-state index contributed by atoms with van der Waals surface area (Å²) < 4.78 is 6.56. The van der Waals surface area contributed by atoms with Crippen LogP contribution in [0.4, 0.5) is 0 Å². The molecule has 5 aromatic rings. The van der Waals surface area contributed by atoms with Crippen LogP contribution in [0.3, 0.4) is 0 Å². The first-order valence-electron chi connectivity index (χ1n) is 11.5. The molecule has 0 bridgehead atoms. The first kappa shape index (κ1) is 19.5. The molecule has 0 fully saturated rings. The molecule has 2 heteroatoms. The lowest BCUT2D eigenvalue weighted by molar-refractivity contribution is 0.410.